The van der Waals surface area contributed by atoms with Crippen LogP contribution in [0.5, 0.6) is 11.5 Å². The zero-order valence-corrected chi connectivity index (χ0v) is 24.5. The Balaban J connectivity index is 1.44. The van der Waals surface area contributed by atoms with E-state index < -0.39 is 55.7 Å². The highest BCUT2D eigenvalue weighted by Crippen LogP contribution is 2.56. The maximum Gasteiger partial charge on any atom is 0.460 e. The monoisotopic (exact) mass is 750 g/mol. The van der Waals surface area contributed by atoms with Crippen molar-refractivity contribution in [1.82, 2.24) is 9.97 Å². The molecular weight excluding hydrogens is 729 g/mol. The average Bonchev–Trinajstić information content (AvgIpc) is 3.01. The number of halogens is 15. The molecule has 0 saturated carbocycles. The van der Waals surface area contributed by atoms with Crippen LogP contribution in [0.1, 0.15) is 12.0 Å². The van der Waals surface area contributed by atoms with Crippen LogP contribution >= 0.6 is 0 Å². The van der Waals surface area contributed by atoms with Gasteiger partial charge in [0.05, 0.1) is 25.6 Å². The fourth-order valence-corrected chi connectivity index (χ4v) is 3.44. The number of hydrogen-bond donors (Lipinski definition) is 0. The summed E-state index contributed by atoms with van der Waals surface area (Å²) >= 11 is 0. The highest BCUT2D eigenvalue weighted by Gasteiger charge is 2.85. The zero-order chi connectivity index (χ0) is 37.7. The van der Waals surface area contributed by atoms with Crippen LogP contribution in [0.25, 0.3) is 11.4 Å². The molecule has 0 N–H and O–H groups in total. The smallest absolute Gasteiger partial charge is 0.460 e. The summed E-state index contributed by atoms with van der Waals surface area (Å²) in [5.74, 6) is -14.8. The van der Waals surface area contributed by atoms with Gasteiger partial charge in [-0.1, -0.05) is 30.3 Å². The van der Waals surface area contributed by atoms with Gasteiger partial charge in [0.1, 0.15) is 19.0 Å². The molecule has 3 rings (SSSR count). The van der Waals surface area contributed by atoms with Crippen LogP contribution in [0.4, 0.5) is 65.9 Å². The van der Waals surface area contributed by atoms with Crippen molar-refractivity contribution in [3.8, 4) is 22.9 Å². The molecule has 0 aliphatic rings. The number of ether oxygens (including phenoxy) is 5. The van der Waals surface area contributed by atoms with Gasteiger partial charge in [-0.3, -0.25) is 0 Å². The zero-order valence-electron chi connectivity index (χ0n) is 24.5. The molecule has 22 heteroatoms. The highest BCUT2D eigenvalue weighted by atomic mass is 19.4. The van der Waals surface area contributed by atoms with Crippen molar-refractivity contribution in [2.75, 3.05) is 19.8 Å². The number of aromatic nitrogens is 2. The molecule has 0 aliphatic heterocycles. The van der Waals surface area contributed by atoms with Crippen LogP contribution in [0.2, 0.25) is 0 Å². The maximum atomic E-state index is 13.7. The number of rotatable bonds is 18. The molecule has 1 aromatic heterocycles. The van der Waals surface area contributed by atoms with E-state index in [1.54, 1.807) is 16.9 Å². The van der Waals surface area contributed by atoms with Crippen LogP contribution in [0.15, 0.2) is 67.0 Å². The summed E-state index contributed by atoms with van der Waals surface area (Å²) in [5, 5.41) is 0. The molecule has 2 aromatic carbocycles. The summed E-state index contributed by atoms with van der Waals surface area (Å²) in [6.07, 6.45) is -32.4. The minimum Gasteiger partial charge on any atom is -0.494 e. The van der Waals surface area contributed by atoms with E-state index in [4.69, 9.17) is 9.47 Å². The molecule has 0 atom stereocenters. The van der Waals surface area contributed by atoms with Crippen molar-refractivity contribution in [3.05, 3.63) is 72.6 Å². The third kappa shape index (κ3) is 9.80. The number of hydrogen-bond acceptors (Lipinski definition) is 7. The van der Waals surface area contributed by atoms with E-state index in [1.165, 1.54) is 24.5 Å². The molecule has 0 fully saturated rings. The maximum absolute atomic E-state index is 13.7. The van der Waals surface area contributed by atoms with Gasteiger partial charge in [0.25, 0.3) is 0 Å². The van der Waals surface area contributed by atoms with E-state index in [0.717, 1.165) is 5.56 Å². The normalized spacial score (nSPS) is 13.7. The molecule has 3 aromatic rings. The standard InChI is InChI=1S/C28H21F15N2O5/c29-22(30,49-27(40,41)28(42,43)50-26(38,39)24(33,34)23(31,32)25(35,36)37)16-46-11-4-12-47-19-9-7-18(8-10-19)21-44-13-20(14-45-21)48-15-17-5-2-1-3-6-17/h1-3,5-10,13-14H,4,11-12,15-16H2. The first-order chi connectivity index (χ1) is 22.9. The van der Waals surface area contributed by atoms with Gasteiger partial charge >= 0.3 is 42.5 Å². The number of benzene rings is 2. The lowest BCUT2D eigenvalue weighted by Gasteiger charge is -2.36. The SMILES string of the molecule is FC(F)(COCCCOc1ccc(-c2ncc(OCc3ccccc3)cn2)cc1)OC(F)(F)C(F)(F)OC(F)(F)C(F)(F)C(F)(F)C(F)(F)F. The Hall–Kier alpha value is -4.05. The Morgan fingerprint density at radius 1 is 0.540 bits per heavy atom. The van der Waals surface area contributed by atoms with E-state index in [-0.39, 0.29) is 18.8 Å². The largest absolute Gasteiger partial charge is 0.494 e. The summed E-state index contributed by atoms with van der Waals surface area (Å²) in [6.45, 7) is -3.01. The second-order valence-electron chi connectivity index (χ2n) is 9.83. The Labute approximate surface area is 270 Å². The minimum absolute atomic E-state index is 0.238. The van der Waals surface area contributed by atoms with Gasteiger partial charge in [-0.05, 0) is 29.8 Å². The lowest BCUT2D eigenvalue weighted by atomic mass is 10.1. The molecule has 0 spiro atoms. The third-order valence-electron chi connectivity index (χ3n) is 5.95. The predicted molar refractivity (Wildman–Crippen MR) is 137 cm³/mol. The van der Waals surface area contributed by atoms with E-state index in [2.05, 4.69) is 19.4 Å². The molecule has 0 bridgehead atoms. The second kappa shape index (κ2) is 15.1. The number of alkyl halides is 15. The van der Waals surface area contributed by atoms with Crippen LogP contribution in [0.3, 0.4) is 0 Å². The Morgan fingerprint density at radius 3 is 1.66 bits per heavy atom. The molecule has 0 radical (unpaired) electrons. The lowest BCUT2D eigenvalue weighted by molar-refractivity contribution is -0.543. The molecule has 278 valence electrons. The van der Waals surface area contributed by atoms with Crippen molar-refractivity contribution in [2.45, 2.75) is 55.5 Å². The Bertz CT molecular complexity index is 1510. The molecule has 0 saturated heterocycles. The molecule has 0 aliphatic carbocycles. The first-order valence-corrected chi connectivity index (χ1v) is 13.4. The molecule has 7 nitrogen and oxygen atoms in total. The quantitative estimate of drug-likeness (QED) is 0.0952. The van der Waals surface area contributed by atoms with Gasteiger partial charge in [0.15, 0.2) is 11.6 Å². The summed E-state index contributed by atoms with van der Waals surface area (Å²) in [5.41, 5.74) is 1.49. The molecule has 1 heterocycles. The van der Waals surface area contributed by atoms with Gasteiger partial charge in [-0.25, -0.2) is 19.4 Å². The third-order valence-corrected chi connectivity index (χ3v) is 5.95. The Kier molecular flexibility index (Phi) is 12.2. The van der Waals surface area contributed by atoms with Crippen LogP contribution < -0.4 is 9.47 Å². The van der Waals surface area contributed by atoms with Crippen LogP contribution in [0, 0.1) is 0 Å². The average molecular weight is 750 g/mol. The van der Waals surface area contributed by atoms with Crippen molar-refractivity contribution >= 4 is 0 Å². The van der Waals surface area contributed by atoms with Gasteiger partial charge in [0.2, 0.25) is 0 Å². The second-order valence-corrected chi connectivity index (χ2v) is 9.83. The summed E-state index contributed by atoms with van der Waals surface area (Å²) < 4.78 is 215. The van der Waals surface area contributed by atoms with E-state index in [1.807, 2.05) is 30.3 Å². The van der Waals surface area contributed by atoms with Gasteiger partial charge < -0.3 is 14.2 Å². The van der Waals surface area contributed by atoms with Crippen molar-refractivity contribution in [3.63, 3.8) is 0 Å². The fraction of sp³-hybridized carbons (Fsp3) is 0.429. The van der Waals surface area contributed by atoms with Crippen LogP contribution in [-0.4, -0.2) is 72.2 Å². The fourth-order valence-electron chi connectivity index (χ4n) is 3.44. The predicted octanol–water partition coefficient (Wildman–Crippen LogP) is 8.75. The van der Waals surface area contributed by atoms with Crippen molar-refractivity contribution in [1.29, 1.82) is 0 Å². The van der Waals surface area contributed by atoms with E-state index in [9.17, 15) is 65.9 Å². The van der Waals surface area contributed by atoms with Crippen molar-refractivity contribution in [2.24, 2.45) is 0 Å². The Morgan fingerprint density at radius 2 is 1.10 bits per heavy atom. The molecule has 0 amide bonds. The minimum atomic E-state index is -7.92. The van der Waals surface area contributed by atoms with Gasteiger partial charge in [0, 0.05) is 12.0 Å². The van der Waals surface area contributed by atoms with Gasteiger partial charge in [-0.2, -0.15) is 65.9 Å². The summed E-state index contributed by atoms with van der Waals surface area (Å²) in [4.78, 5) is 8.39. The van der Waals surface area contributed by atoms with Gasteiger partial charge in [-0.15, -0.1) is 0 Å². The molecular formula is C28H21F15N2O5. The first-order valence-electron chi connectivity index (χ1n) is 13.4. The topological polar surface area (TPSA) is 71.9 Å². The van der Waals surface area contributed by atoms with E-state index in [0.29, 0.717) is 23.7 Å². The lowest BCUT2D eigenvalue weighted by Crippen LogP contribution is -2.64. The van der Waals surface area contributed by atoms with Crippen LogP contribution in [-0.2, 0) is 20.8 Å². The molecule has 50 heavy (non-hydrogen) atoms. The van der Waals surface area contributed by atoms with E-state index >= 15 is 0 Å². The first kappa shape index (κ1) is 40.4. The number of nitrogens with zero attached hydrogens (tertiary/aromatic N) is 2. The summed E-state index contributed by atoms with van der Waals surface area (Å²) in [7, 11) is 0. The molecule has 0 unspecified atom stereocenters. The van der Waals surface area contributed by atoms with Crippen molar-refractivity contribution < 1.29 is 89.5 Å². The highest BCUT2D eigenvalue weighted by molar-refractivity contribution is 5.56. The summed E-state index contributed by atoms with van der Waals surface area (Å²) in [6, 6.07) is 15.4.